The van der Waals surface area contributed by atoms with Crippen LogP contribution in [0, 0.1) is 11.3 Å². The van der Waals surface area contributed by atoms with Gasteiger partial charge in [0.2, 0.25) is 0 Å². The van der Waals surface area contributed by atoms with Crippen LogP contribution in [0.15, 0.2) is 67.0 Å². The van der Waals surface area contributed by atoms with Crippen LogP contribution in [0.3, 0.4) is 0 Å². The van der Waals surface area contributed by atoms with Gasteiger partial charge in [-0.2, -0.15) is 10.4 Å². The molecule has 0 saturated carbocycles. The molecule has 0 aliphatic carbocycles. The van der Waals surface area contributed by atoms with Crippen molar-refractivity contribution >= 4 is 14.2 Å². The summed E-state index contributed by atoms with van der Waals surface area (Å²) in [5, 5.41) is 15.0. The van der Waals surface area contributed by atoms with Crippen molar-refractivity contribution in [3.63, 3.8) is 0 Å². The number of pyridine rings is 1. The van der Waals surface area contributed by atoms with Gasteiger partial charge in [-0.25, -0.2) is 0 Å². The zero-order valence-corrected chi connectivity index (χ0v) is 28.2. The first kappa shape index (κ1) is 32.1. The minimum atomic E-state index is -2.34. The summed E-state index contributed by atoms with van der Waals surface area (Å²) < 4.78 is 7.88. The Balaban J connectivity index is 1.45. The third kappa shape index (κ3) is 6.87. The average Bonchev–Trinajstić information content (AvgIpc) is 3.41. The summed E-state index contributed by atoms with van der Waals surface area (Å²) in [6, 6.07) is 19.9. The molecule has 0 spiro atoms. The first-order chi connectivity index (χ1) is 21.4. The lowest BCUT2D eigenvalue weighted by molar-refractivity contribution is 0.0694. The number of nitriles is 1. The van der Waals surface area contributed by atoms with Gasteiger partial charge in [0.25, 0.3) is 5.91 Å². The van der Waals surface area contributed by atoms with Crippen molar-refractivity contribution in [3.05, 3.63) is 89.4 Å². The molecule has 1 aliphatic rings. The van der Waals surface area contributed by atoms with Crippen LogP contribution in [0.5, 0.6) is 5.75 Å². The molecule has 1 N–H and O–H groups in total. The number of carbonyl (C=O) groups is 1. The highest BCUT2D eigenvalue weighted by Crippen LogP contribution is 2.41. The van der Waals surface area contributed by atoms with Crippen molar-refractivity contribution in [1.29, 1.82) is 5.26 Å². The molecule has 0 radical (unpaired) electrons. The largest absolute Gasteiger partial charge is 0.489 e. The summed E-state index contributed by atoms with van der Waals surface area (Å²) >= 11 is 0. The van der Waals surface area contributed by atoms with Crippen LogP contribution in [0.4, 0.5) is 0 Å². The number of fused-ring (bicyclic) bond motifs is 1. The quantitative estimate of drug-likeness (QED) is 0.175. The Labute approximate surface area is 267 Å². The van der Waals surface area contributed by atoms with Crippen LogP contribution in [0.2, 0.25) is 18.1 Å². The number of carbonyl (C=O) groups excluding carboxylic acids is 1. The topological polar surface area (TPSA) is 104 Å². The average molecular weight is 622 g/mol. The van der Waals surface area contributed by atoms with Crippen molar-refractivity contribution < 1.29 is 14.3 Å². The Morgan fingerprint density at radius 1 is 1.07 bits per heavy atom. The molecule has 8 nitrogen and oxygen atoms in total. The molecule has 0 bridgehead atoms. The predicted molar refractivity (Wildman–Crippen MR) is 179 cm³/mol. The molecule has 5 rings (SSSR count). The van der Waals surface area contributed by atoms with E-state index in [1.807, 2.05) is 42.3 Å². The maximum Gasteiger partial charge on any atom is 0.272 e. The minimum absolute atomic E-state index is 0.101. The Morgan fingerprint density at radius 2 is 1.78 bits per heavy atom. The van der Waals surface area contributed by atoms with Crippen molar-refractivity contribution in [1.82, 2.24) is 19.7 Å². The van der Waals surface area contributed by atoms with Gasteiger partial charge in [0.15, 0.2) is 8.32 Å². The number of benzene rings is 2. The summed E-state index contributed by atoms with van der Waals surface area (Å²) in [7, 11) is -2.34. The van der Waals surface area contributed by atoms with Gasteiger partial charge < -0.3 is 14.4 Å². The van der Waals surface area contributed by atoms with Crippen molar-refractivity contribution in [2.24, 2.45) is 0 Å². The third-order valence-corrected chi connectivity index (χ3v) is 12.9. The number of ether oxygens (including phenoxy) is 1. The molecule has 1 aliphatic heterocycles. The molecular formula is C36H43N5O3Si. The molecule has 0 unspecified atom stereocenters. The van der Waals surface area contributed by atoms with E-state index in [1.165, 1.54) is 5.56 Å². The first-order valence-electron chi connectivity index (χ1n) is 15.7. The predicted octanol–water partition coefficient (Wildman–Crippen LogP) is 7.40. The number of amides is 1. The van der Waals surface area contributed by atoms with Crippen LogP contribution in [0.25, 0.3) is 22.4 Å². The minimum Gasteiger partial charge on any atom is -0.489 e. The maximum absolute atomic E-state index is 14.1. The number of hydrogen-bond donors (Lipinski definition) is 1. The Morgan fingerprint density at radius 3 is 2.42 bits per heavy atom. The molecule has 0 saturated heterocycles. The summed E-state index contributed by atoms with van der Waals surface area (Å²) in [5.41, 5.74) is 5.98. The molecule has 2 aromatic carbocycles. The SMILES string of the molecule is CC(C)c1ccc(COc2ccc(-c3c(-c4ccncc4)nn4c3C(=O)N(CCCC(C)(C)[Si](C)(C)O)CC4)c(C#N)c2)cc1. The van der Waals surface area contributed by atoms with Crippen LogP contribution < -0.4 is 4.74 Å². The first-order valence-corrected chi connectivity index (χ1v) is 18.6. The molecule has 0 atom stereocenters. The zero-order valence-electron chi connectivity index (χ0n) is 27.2. The fourth-order valence-electron chi connectivity index (χ4n) is 5.59. The van der Waals surface area contributed by atoms with Gasteiger partial charge in [-0.3, -0.25) is 14.5 Å². The third-order valence-electron chi connectivity index (χ3n) is 9.30. The molecule has 45 heavy (non-hydrogen) atoms. The van der Waals surface area contributed by atoms with E-state index in [2.05, 4.69) is 63.0 Å². The molecule has 9 heteroatoms. The monoisotopic (exact) mass is 621 g/mol. The van der Waals surface area contributed by atoms with E-state index in [4.69, 9.17) is 9.84 Å². The van der Waals surface area contributed by atoms with Crippen molar-refractivity contribution in [2.75, 3.05) is 13.1 Å². The van der Waals surface area contributed by atoms with E-state index in [0.29, 0.717) is 66.0 Å². The molecule has 3 heterocycles. The van der Waals surface area contributed by atoms with Gasteiger partial charge in [-0.15, -0.1) is 0 Å². The molecule has 2 aromatic heterocycles. The fraction of sp³-hybridized carbons (Fsp3) is 0.389. The number of rotatable bonds is 11. The van der Waals surface area contributed by atoms with Crippen molar-refractivity contribution in [3.8, 4) is 34.2 Å². The second-order valence-electron chi connectivity index (χ2n) is 13.4. The lowest BCUT2D eigenvalue weighted by Gasteiger charge is -2.36. The number of nitrogens with zero attached hydrogens (tertiary/aromatic N) is 5. The second-order valence-corrected chi connectivity index (χ2v) is 17.8. The second kappa shape index (κ2) is 13.0. The van der Waals surface area contributed by atoms with Crippen molar-refractivity contribution in [2.45, 2.75) is 77.7 Å². The summed E-state index contributed by atoms with van der Waals surface area (Å²) in [6.45, 7) is 14.6. The molecule has 234 valence electrons. The molecule has 4 aromatic rings. The van der Waals surface area contributed by atoms with E-state index in [9.17, 15) is 14.9 Å². The van der Waals surface area contributed by atoms with E-state index in [-0.39, 0.29) is 10.9 Å². The standard InChI is InChI=1S/C36H43N5O3Si/c1-25(2)27-10-8-26(9-11-27)24-44-30-12-13-31(29(22-30)23-37)32-33(28-14-17-38-18-15-28)39-41-21-20-40(35(42)34(32)41)19-7-16-36(3,4)45(5,6)43/h8-15,17-18,22,25,43H,7,16,19-21,24H2,1-6H3. The Bertz CT molecular complexity index is 1700. The highest BCUT2D eigenvalue weighted by atomic mass is 28.4. The number of hydrogen-bond acceptors (Lipinski definition) is 6. The summed E-state index contributed by atoms with van der Waals surface area (Å²) in [4.78, 5) is 30.9. The van der Waals surface area contributed by atoms with Gasteiger partial charge in [0, 0.05) is 42.2 Å². The van der Waals surface area contributed by atoms with Gasteiger partial charge in [0.1, 0.15) is 23.7 Å². The summed E-state index contributed by atoms with van der Waals surface area (Å²) in [5.74, 6) is 0.945. The fourth-order valence-corrected chi connectivity index (χ4v) is 6.38. The van der Waals surface area contributed by atoms with Gasteiger partial charge in [-0.05, 0) is 78.4 Å². The summed E-state index contributed by atoms with van der Waals surface area (Å²) in [6.07, 6.45) is 5.04. The Kier molecular flexibility index (Phi) is 9.28. The van der Waals surface area contributed by atoms with Gasteiger partial charge in [-0.1, -0.05) is 52.0 Å². The lowest BCUT2D eigenvalue weighted by atomic mass is 9.94. The highest BCUT2D eigenvalue weighted by molar-refractivity contribution is 6.72. The maximum atomic E-state index is 14.1. The van der Waals surface area contributed by atoms with Crippen LogP contribution in [0.1, 0.15) is 73.6 Å². The van der Waals surface area contributed by atoms with Gasteiger partial charge >= 0.3 is 0 Å². The smallest absolute Gasteiger partial charge is 0.272 e. The normalized spacial score (nSPS) is 13.6. The lowest BCUT2D eigenvalue weighted by Crippen LogP contribution is -2.42. The van der Waals surface area contributed by atoms with Crippen LogP contribution in [-0.2, 0) is 13.2 Å². The number of aromatic nitrogens is 3. The van der Waals surface area contributed by atoms with E-state index >= 15 is 0 Å². The van der Waals surface area contributed by atoms with Gasteiger partial charge in [0.05, 0.1) is 18.2 Å². The zero-order chi connectivity index (χ0) is 32.4. The van der Waals surface area contributed by atoms with E-state index < -0.39 is 8.32 Å². The molecule has 0 fully saturated rings. The van der Waals surface area contributed by atoms with Crippen LogP contribution >= 0.6 is 0 Å². The highest BCUT2D eigenvalue weighted by Gasteiger charge is 2.38. The Hall–Kier alpha value is -4.26. The van der Waals surface area contributed by atoms with Crippen LogP contribution in [-0.4, -0.2) is 51.8 Å². The molecule has 1 amide bonds. The molecular weight excluding hydrogens is 579 g/mol. The van der Waals surface area contributed by atoms with E-state index in [1.54, 1.807) is 23.1 Å². The van der Waals surface area contributed by atoms with E-state index in [0.717, 1.165) is 24.0 Å².